The molecule has 0 amide bonds. The van der Waals surface area contributed by atoms with E-state index < -0.39 is 0 Å². The van der Waals surface area contributed by atoms with E-state index in [-0.39, 0.29) is 5.82 Å². The second-order valence-electron chi connectivity index (χ2n) is 5.95. The zero-order chi connectivity index (χ0) is 19.3. The van der Waals surface area contributed by atoms with Gasteiger partial charge in [0.25, 0.3) is 0 Å². The zero-order valence-electron chi connectivity index (χ0n) is 15.4. The number of carbonyl (C=O) groups is 1. The molecule has 0 saturated carbocycles. The number of carbonyl (C=O) groups excluding carboxylic acids is 1. The van der Waals surface area contributed by atoms with E-state index >= 15 is 0 Å². The van der Waals surface area contributed by atoms with E-state index in [9.17, 15) is 4.39 Å². The topological polar surface area (TPSA) is 71.0 Å². The molecule has 3 rings (SSSR count). The molecule has 0 atom stereocenters. The van der Waals surface area contributed by atoms with E-state index in [1.54, 1.807) is 6.07 Å². The van der Waals surface area contributed by atoms with Gasteiger partial charge in [-0.05, 0) is 57.7 Å². The maximum atomic E-state index is 14.0. The summed E-state index contributed by atoms with van der Waals surface area (Å²) in [7, 11) is 0. The Hall–Kier alpha value is -3.07. The fraction of sp³-hybridized carbons (Fsp3) is 0.300. The quantitative estimate of drug-likeness (QED) is 0.675. The molecule has 5 nitrogen and oxygen atoms in total. The van der Waals surface area contributed by atoms with Crippen LogP contribution in [-0.2, 0) is 17.6 Å². The molecule has 0 spiro atoms. The Morgan fingerprint density at radius 3 is 2.54 bits per heavy atom. The smallest absolute Gasteiger partial charge is 0.162 e. The lowest BCUT2D eigenvalue weighted by Crippen LogP contribution is -2.04. The minimum atomic E-state index is -0.189. The van der Waals surface area contributed by atoms with Gasteiger partial charge in [-0.15, -0.1) is 0 Å². The van der Waals surface area contributed by atoms with Gasteiger partial charge in [-0.2, -0.15) is 5.26 Å². The third kappa shape index (κ3) is 3.94. The number of aromatic nitrogens is 3. The molecule has 3 aromatic rings. The zero-order valence-corrected chi connectivity index (χ0v) is 15.4. The molecule has 1 aromatic carbocycles. The van der Waals surface area contributed by atoms with Crippen LogP contribution in [0.2, 0.25) is 0 Å². The van der Waals surface area contributed by atoms with E-state index in [2.05, 4.69) is 16.0 Å². The predicted octanol–water partition coefficient (Wildman–Crippen LogP) is 3.66. The lowest BCUT2D eigenvalue weighted by atomic mass is 10.0. The standard InChI is InChI=1S/C18H17FN4.C2H4O/c1-11-5-4-6-15(19)14(11)7-8-16-18-22-17(9-20)13(3)23(18)10-12(2)21-16;1-2-3/h4-6,10H,7-8H2,1-3H3;2H,1H3. The molecule has 26 heavy (non-hydrogen) atoms. The molecule has 0 bridgehead atoms. The van der Waals surface area contributed by atoms with E-state index in [4.69, 9.17) is 10.1 Å². The number of hydrogen-bond acceptors (Lipinski definition) is 4. The van der Waals surface area contributed by atoms with Gasteiger partial charge in [0.1, 0.15) is 18.2 Å². The van der Waals surface area contributed by atoms with Crippen LogP contribution in [0.15, 0.2) is 24.4 Å². The summed E-state index contributed by atoms with van der Waals surface area (Å²) in [4.78, 5) is 17.7. The Kier molecular flexibility index (Phi) is 6.18. The summed E-state index contributed by atoms with van der Waals surface area (Å²) in [6.07, 6.45) is 3.75. The Labute approximate surface area is 152 Å². The molecule has 0 fully saturated rings. The Morgan fingerprint density at radius 2 is 1.92 bits per heavy atom. The second-order valence-corrected chi connectivity index (χ2v) is 5.95. The van der Waals surface area contributed by atoms with Crippen molar-refractivity contribution in [2.24, 2.45) is 0 Å². The summed E-state index contributed by atoms with van der Waals surface area (Å²) in [6, 6.07) is 7.21. The van der Waals surface area contributed by atoms with Crippen LogP contribution in [0.4, 0.5) is 4.39 Å². The van der Waals surface area contributed by atoms with Crippen LogP contribution in [0.3, 0.4) is 0 Å². The predicted molar refractivity (Wildman–Crippen MR) is 97.5 cm³/mol. The van der Waals surface area contributed by atoms with Gasteiger partial charge in [-0.25, -0.2) is 9.37 Å². The van der Waals surface area contributed by atoms with Crippen molar-refractivity contribution in [2.75, 3.05) is 0 Å². The first-order valence-electron chi connectivity index (χ1n) is 8.32. The SMILES string of the molecule is CC=O.Cc1cn2c(C)c(C#N)nc2c(CCc2c(C)cccc2F)n1. The molecule has 0 radical (unpaired) electrons. The van der Waals surface area contributed by atoms with Crippen LogP contribution in [-0.4, -0.2) is 20.7 Å². The first-order chi connectivity index (χ1) is 12.4. The highest BCUT2D eigenvalue weighted by Gasteiger charge is 2.14. The molecule has 2 heterocycles. The number of imidazole rings is 1. The molecular formula is C20H21FN4O. The molecule has 0 aliphatic heterocycles. The summed E-state index contributed by atoms with van der Waals surface area (Å²) in [6.45, 7) is 7.12. The van der Waals surface area contributed by atoms with Crippen molar-refractivity contribution in [3.05, 3.63) is 64.1 Å². The number of fused-ring (bicyclic) bond motifs is 1. The van der Waals surface area contributed by atoms with Gasteiger partial charge in [-0.1, -0.05) is 12.1 Å². The molecule has 2 aromatic heterocycles. The second kappa shape index (κ2) is 8.34. The Morgan fingerprint density at radius 1 is 1.23 bits per heavy atom. The van der Waals surface area contributed by atoms with Crippen molar-refractivity contribution in [1.82, 2.24) is 14.4 Å². The van der Waals surface area contributed by atoms with Crippen LogP contribution in [0.25, 0.3) is 5.65 Å². The molecule has 0 unspecified atom stereocenters. The lowest BCUT2D eigenvalue weighted by molar-refractivity contribution is -0.106. The maximum Gasteiger partial charge on any atom is 0.162 e. The van der Waals surface area contributed by atoms with Crippen LogP contribution < -0.4 is 0 Å². The fourth-order valence-electron chi connectivity index (χ4n) is 2.85. The van der Waals surface area contributed by atoms with Gasteiger partial charge in [0.15, 0.2) is 11.3 Å². The van der Waals surface area contributed by atoms with E-state index in [0.29, 0.717) is 29.7 Å². The number of aldehydes is 1. The van der Waals surface area contributed by atoms with Crippen LogP contribution in [0.1, 0.15) is 40.8 Å². The molecule has 0 saturated heterocycles. The fourth-order valence-corrected chi connectivity index (χ4v) is 2.85. The normalized spacial score (nSPS) is 10.2. The van der Waals surface area contributed by atoms with E-state index in [0.717, 1.165) is 28.9 Å². The number of nitrogens with zero attached hydrogens (tertiary/aromatic N) is 4. The first kappa shape index (κ1) is 19.3. The van der Waals surface area contributed by atoms with Crippen LogP contribution in [0.5, 0.6) is 0 Å². The summed E-state index contributed by atoms with van der Waals surface area (Å²) in [5.74, 6) is -0.189. The van der Waals surface area contributed by atoms with Gasteiger partial charge in [-0.3, -0.25) is 9.38 Å². The summed E-state index contributed by atoms with van der Waals surface area (Å²) in [5, 5.41) is 9.16. The molecule has 0 N–H and O–H groups in total. The molecule has 134 valence electrons. The average Bonchev–Trinajstić information content (AvgIpc) is 2.91. The van der Waals surface area contributed by atoms with Crippen molar-refractivity contribution in [3.63, 3.8) is 0 Å². The maximum absolute atomic E-state index is 14.0. The van der Waals surface area contributed by atoms with Gasteiger partial charge in [0.05, 0.1) is 17.1 Å². The number of hydrogen-bond donors (Lipinski definition) is 0. The minimum Gasteiger partial charge on any atom is -0.304 e. The van der Waals surface area contributed by atoms with Gasteiger partial charge in [0, 0.05) is 6.20 Å². The van der Waals surface area contributed by atoms with Crippen molar-refractivity contribution in [1.29, 1.82) is 5.26 Å². The number of nitriles is 1. The Balaban J connectivity index is 0.000000758. The minimum absolute atomic E-state index is 0.189. The summed E-state index contributed by atoms with van der Waals surface area (Å²) < 4.78 is 15.9. The molecule has 0 aliphatic rings. The number of benzene rings is 1. The molecule has 6 heteroatoms. The average molecular weight is 352 g/mol. The molecule has 0 aliphatic carbocycles. The van der Waals surface area contributed by atoms with Gasteiger partial charge < -0.3 is 4.79 Å². The number of halogens is 1. The van der Waals surface area contributed by atoms with Crippen molar-refractivity contribution < 1.29 is 9.18 Å². The van der Waals surface area contributed by atoms with Crippen molar-refractivity contribution in [2.45, 2.75) is 40.5 Å². The summed E-state index contributed by atoms with van der Waals surface area (Å²) >= 11 is 0. The molecular weight excluding hydrogens is 331 g/mol. The van der Waals surface area contributed by atoms with Gasteiger partial charge >= 0.3 is 0 Å². The summed E-state index contributed by atoms with van der Waals surface area (Å²) in [5.41, 5.74) is 5.17. The van der Waals surface area contributed by atoms with Crippen molar-refractivity contribution in [3.8, 4) is 6.07 Å². The highest BCUT2D eigenvalue weighted by molar-refractivity contribution is 5.51. The highest BCUT2D eigenvalue weighted by Crippen LogP contribution is 2.19. The third-order valence-electron chi connectivity index (χ3n) is 4.11. The number of rotatable bonds is 3. The van der Waals surface area contributed by atoms with Crippen LogP contribution >= 0.6 is 0 Å². The van der Waals surface area contributed by atoms with E-state index in [1.165, 1.54) is 13.0 Å². The third-order valence-corrected chi connectivity index (χ3v) is 4.11. The Bertz CT molecular complexity index is 965. The highest BCUT2D eigenvalue weighted by atomic mass is 19.1. The van der Waals surface area contributed by atoms with Crippen LogP contribution in [0, 0.1) is 37.9 Å². The largest absolute Gasteiger partial charge is 0.304 e. The first-order valence-corrected chi connectivity index (χ1v) is 8.32. The number of aryl methyl sites for hydroxylation is 4. The monoisotopic (exact) mass is 352 g/mol. The van der Waals surface area contributed by atoms with Gasteiger partial charge in [0.2, 0.25) is 0 Å². The lowest BCUT2D eigenvalue weighted by Gasteiger charge is -2.09. The van der Waals surface area contributed by atoms with E-state index in [1.807, 2.05) is 37.4 Å². The van der Waals surface area contributed by atoms with Crippen molar-refractivity contribution >= 4 is 11.9 Å².